The summed E-state index contributed by atoms with van der Waals surface area (Å²) in [6.07, 6.45) is 39.5. The maximum Gasteiger partial charge on any atom is 0.211 e. The monoisotopic (exact) mass is 645 g/mol. The molecule has 0 N–H and O–H groups in total. The van der Waals surface area contributed by atoms with Gasteiger partial charge in [0.05, 0.1) is 0 Å². The first kappa shape index (κ1) is 38.9. The van der Waals surface area contributed by atoms with Crippen LogP contribution in [0.1, 0.15) is 164 Å². The van der Waals surface area contributed by atoms with Crippen molar-refractivity contribution >= 4 is 23.5 Å². The minimum Gasteiger partial charge on any atom is -0.493 e. The van der Waals surface area contributed by atoms with Crippen LogP contribution in [0.15, 0.2) is 84.5 Å². The van der Waals surface area contributed by atoms with Gasteiger partial charge in [0.15, 0.2) is 0 Å². The van der Waals surface area contributed by atoms with Gasteiger partial charge in [-0.25, -0.2) is 4.70 Å². The average molecular weight is 645 g/mol. The van der Waals surface area contributed by atoms with Crippen LogP contribution in [-0.2, 0) is 12.8 Å². The Kier molecular flexibility index (Phi) is 18.6. The molecular weight excluding hydrogens is 581 g/mol. The molecule has 0 bridgehead atoms. The van der Waals surface area contributed by atoms with Crippen LogP contribution in [0.25, 0.3) is 29.1 Å². The molecule has 0 unspecified atom stereocenters. The van der Waals surface area contributed by atoms with Crippen molar-refractivity contribution in [2.45, 2.75) is 144 Å². The van der Waals surface area contributed by atoms with Gasteiger partial charge in [-0.2, -0.15) is 0 Å². The second-order valence-electron chi connectivity index (χ2n) is 13.3. The number of benzene rings is 2. The van der Waals surface area contributed by atoms with Crippen molar-refractivity contribution in [1.29, 1.82) is 0 Å². The Labute approximate surface area is 294 Å². The first-order valence-electron chi connectivity index (χ1n) is 19.4. The van der Waals surface area contributed by atoms with Gasteiger partial charge in [-0.3, -0.25) is 0 Å². The van der Waals surface area contributed by atoms with Crippen LogP contribution in [0.2, 0.25) is 0 Å². The number of unbranched alkanes of at least 4 members (excludes halogenated alkanes) is 7. The van der Waals surface area contributed by atoms with Gasteiger partial charge >= 0.3 is 0 Å². The number of rotatable bonds is 23. The summed E-state index contributed by atoms with van der Waals surface area (Å²) in [5.41, 5.74) is 22.7. The molecule has 48 heavy (non-hydrogen) atoms. The molecule has 1 heterocycles. The molecule has 258 valence electrons. The van der Waals surface area contributed by atoms with Crippen LogP contribution in [0, 0.1) is 0 Å². The summed E-state index contributed by atoms with van der Waals surface area (Å²) in [6, 6.07) is 13.7. The van der Waals surface area contributed by atoms with E-state index in [4.69, 9.17) is 0 Å². The largest absolute Gasteiger partial charge is 0.493 e. The van der Waals surface area contributed by atoms with Crippen molar-refractivity contribution in [3.8, 4) is 0 Å². The van der Waals surface area contributed by atoms with Gasteiger partial charge in [0.1, 0.15) is 0 Å². The fraction of sp³-hybridized carbons (Fsp3) is 0.478. The molecular formula is C46H64N2. The van der Waals surface area contributed by atoms with E-state index in [1.807, 2.05) is 0 Å². The third kappa shape index (κ3) is 12.5. The summed E-state index contributed by atoms with van der Waals surface area (Å²) in [5.74, 6) is 0. The zero-order chi connectivity index (χ0) is 34.4. The number of hydrogen-bond acceptors (Lipinski definition) is 0. The minimum atomic E-state index is 0.911. The predicted octanol–water partition coefficient (Wildman–Crippen LogP) is 14.7. The van der Waals surface area contributed by atoms with Crippen molar-refractivity contribution in [2.24, 2.45) is 0 Å². The lowest BCUT2D eigenvalue weighted by Gasteiger charge is -2.16. The Hall–Kier alpha value is -3.52. The fourth-order valence-electron chi connectivity index (χ4n) is 6.40. The molecule has 0 saturated carbocycles. The molecule has 0 aliphatic carbocycles. The van der Waals surface area contributed by atoms with Gasteiger partial charge in [-0.1, -0.05) is 152 Å². The first-order chi connectivity index (χ1) is 23.6. The van der Waals surface area contributed by atoms with Crippen molar-refractivity contribution in [1.82, 2.24) is 0 Å². The molecule has 2 heteroatoms. The molecule has 2 aromatic rings. The maximum absolute atomic E-state index is 12.3. The molecule has 2 aromatic carbocycles. The third-order valence-electron chi connectivity index (χ3n) is 9.15. The standard InChI is InChI=1S/C46H64N2/c1-6-11-16-19-22-25-30-42-37-45(43-35-38(26-14-9-4)31-33-40(43)28-23-20-17-12-7-2)48(47)46(42)44-36-39(27-15-10-5)32-34-41(44)29-24-21-18-13-8-3/h14-15,17-18,20-21,26-27,31-37H,6-13,16,19,22-25,28-30H2,1-5H3. The molecule has 0 amide bonds. The second kappa shape index (κ2) is 22.9. The van der Waals surface area contributed by atoms with Crippen molar-refractivity contribution in [3.63, 3.8) is 0 Å². The molecule has 0 fully saturated rings. The average Bonchev–Trinajstić information content (AvgIpc) is 3.43. The van der Waals surface area contributed by atoms with E-state index < -0.39 is 0 Å². The van der Waals surface area contributed by atoms with Crippen molar-refractivity contribution in [3.05, 3.63) is 123 Å². The van der Waals surface area contributed by atoms with E-state index in [0.29, 0.717) is 0 Å². The van der Waals surface area contributed by atoms with Gasteiger partial charge in [-0.05, 0) is 98.6 Å². The molecule has 0 saturated heterocycles. The van der Waals surface area contributed by atoms with E-state index >= 15 is 0 Å². The highest BCUT2D eigenvalue weighted by atomic mass is 15.2. The number of nitrogens with zero attached hydrogens (tertiary/aromatic N) is 2. The highest BCUT2D eigenvalue weighted by molar-refractivity contribution is 5.81. The summed E-state index contributed by atoms with van der Waals surface area (Å²) in [6.45, 7) is 11.1. The van der Waals surface area contributed by atoms with Crippen LogP contribution in [0.4, 0.5) is 0 Å². The lowest BCUT2D eigenvalue weighted by Crippen LogP contribution is -2.07. The Bertz CT molecular complexity index is 1460. The summed E-state index contributed by atoms with van der Waals surface area (Å²) < 4.78 is 1.55. The van der Waals surface area contributed by atoms with Crippen LogP contribution in [0.3, 0.4) is 0 Å². The number of allylic oxidation sites excluding steroid dienone is 8. The number of aryl methyl sites for hydroxylation is 2. The smallest absolute Gasteiger partial charge is 0.211 e. The molecule has 2 nitrogen and oxygen atoms in total. The maximum atomic E-state index is 12.3. The highest BCUT2D eigenvalue weighted by Crippen LogP contribution is 2.41. The zero-order valence-electron chi connectivity index (χ0n) is 31.1. The van der Waals surface area contributed by atoms with Crippen molar-refractivity contribution in [2.75, 3.05) is 0 Å². The Morgan fingerprint density at radius 3 is 1.62 bits per heavy atom. The van der Waals surface area contributed by atoms with E-state index in [-0.39, 0.29) is 0 Å². The Morgan fingerprint density at radius 2 is 1.06 bits per heavy atom. The van der Waals surface area contributed by atoms with Crippen LogP contribution < -0.4 is 0 Å². The van der Waals surface area contributed by atoms with Gasteiger partial charge in [-0.15, -0.1) is 0 Å². The zero-order valence-corrected chi connectivity index (χ0v) is 31.1. The van der Waals surface area contributed by atoms with E-state index in [9.17, 15) is 5.53 Å². The normalized spacial score (nSPS) is 13.9. The van der Waals surface area contributed by atoms with E-state index in [0.717, 1.165) is 86.7 Å². The predicted molar refractivity (Wildman–Crippen MR) is 213 cm³/mol. The second-order valence-corrected chi connectivity index (χ2v) is 13.3. The Balaban J connectivity index is 2.09. The van der Waals surface area contributed by atoms with Gasteiger partial charge in [0.25, 0.3) is 0 Å². The molecule has 1 aliphatic rings. The summed E-state index contributed by atoms with van der Waals surface area (Å²) in [7, 11) is 0. The summed E-state index contributed by atoms with van der Waals surface area (Å²) in [5, 5.41) is 0. The molecule has 0 aromatic heterocycles. The fourth-order valence-corrected chi connectivity index (χ4v) is 6.40. The topological polar surface area (TPSA) is 25.3 Å². The van der Waals surface area contributed by atoms with Gasteiger partial charge in [0.2, 0.25) is 11.4 Å². The van der Waals surface area contributed by atoms with Gasteiger partial charge < -0.3 is 5.53 Å². The lowest BCUT2D eigenvalue weighted by atomic mass is 9.94. The summed E-state index contributed by atoms with van der Waals surface area (Å²) >= 11 is 0. The molecule has 0 radical (unpaired) electrons. The van der Waals surface area contributed by atoms with Crippen LogP contribution in [-0.4, -0.2) is 4.70 Å². The molecule has 0 spiro atoms. The third-order valence-corrected chi connectivity index (χ3v) is 9.15. The van der Waals surface area contributed by atoms with Gasteiger partial charge in [0, 0.05) is 22.8 Å². The van der Waals surface area contributed by atoms with Crippen LogP contribution in [0.5, 0.6) is 0 Å². The van der Waals surface area contributed by atoms with Crippen molar-refractivity contribution < 1.29 is 4.70 Å². The quantitative estimate of drug-likeness (QED) is 0.0653. The first-order valence-corrected chi connectivity index (χ1v) is 19.4. The molecule has 3 rings (SSSR count). The minimum absolute atomic E-state index is 0.911. The SMILES string of the molecule is CCC=Cc1ccc(CCC=CCCC)c(C2=CC(CCCCCCCC)=C(c3cc(C=CCC)ccc3CCC=CCCC)[N+]2=[N-])c1. The molecule has 1 aliphatic heterocycles. The van der Waals surface area contributed by atoms with Crippen LogP contribution >= 0.6 is 0 Å². The number of hydrogen-bond donors (Lipinski definition) is 0. The molecule has 0 atom stereocenters. The lowest BCUT2D eigenvalue weighted by molar-refractivity contribution is -0.344. The van der Waals surface area contributed by atoms with E-state index in [2.05, 4.69) is 126 Å². The Morgan fingerprint density at radius 1 is 0.542 bits per heavy atom. The van der Waals surface area contributed by atoms with E-state index in [1.54, 1.807) is 4.70 Å². The van der Waals surface area contributed by atoms with E-state index in [1.165, 1.54) is 72.8 Å². The summed E-state index contributed by atoms with van der Waals surface area (Å²) in [4.78, 5) is 0. The highest BCUT2D eigenvalue weighted by Gasteiger charge is 2.31.